The number of rotatable bonds is 3. The molecule has 0 radical (unpaired) electrons. The van der Waals surface area contributed by atoms with Crippen LogP contribution >= 0.6 is 0 Å². The van der Waals surface area contributed by atoms with Crippen molar-refractivity contribution in [3.05, 3.63) is 28.8 Å². The van der Waals surface area contributed by atoms with Gasteiger partial charge in [0.15, 0.2) is 0 Å². The maximum Gasteiger partial charge on any atom is 0.121 e. The molecule has 2 N–H and O–H groups in total. The maximum absolute atomic E-state index is 9.81. The van der Waals surface area contributed by atoms with Gasteiger partial charge in [0.25, 0.3) is 0 Å². The minimum absolute atomic E-state index is 0.437. The Morgan fingerprint density at radius 3 is 2.68 bits per heavy atom. The molecule has 2 atom stereocenters. The Labute approximate surface area is 115 Å². The van der Waals surface area contributed by atoms with Crippen LogP contribution in [0.1, 0.15) is 36.0 Å². The number of nitrogens with zero attached hydrogens (tertiary/aromatic N) is 1. The van der Waals surface area contributed by atoms with Crippen molar-refractivity contribution in [1.29, 1.82) is 0 Å². The number of aryl methyl sites for hydroxylation is 2. The van der Waals surface area contributed by atoms with E-state index in [4.69, 9.17) is 0 Å². The topological polar surface area (TPSA) is 35.5 Å². The number of phenolic OH excluding ortho intramolecular Hbond substituents is 1. The van der Waals surface area contributed by atoms with E-state index < -0.39 is 0 Å². The standard InChI is InChI=1S/C16H24N2O/c1-11-8-13(9-12(2)16(11)19)10-17-14-5-7-18-6-3-4-15(14)18/h8-9,14-15,17,19H,3-7,10H2,1-2H3. The summed E-state index contributed by atoms with van der Waals surface area (Å²) in [6.07, 6.45) is 3.99. The van der Waals surface area contributed by atoms with Crippen LogP contribution in [0, 0.1) is 13.8 Å². The van der Waals surface area contributed by atoms with Gasteiger partial charge >= 0.3 is 0 Å². The number of hydrogen-bond donors (Lipinski definition) is 2. The fraction of sp³-hybridized carbons (Fsp3) is 0.625. The minimum Gasteiger partial charge on any atom is -0.507 e. The molecule has 3 nitrogen and oxygen atoms in total. The summed E-state index contributed by atoms with van der Waals surface area (Å²) in [4.78, 5) is 2.63. The maximum atomic E-state index is 9.81. The van der Waals surface area contributed by atoms with E-state index in [9.17, 15) is 5.11 Å². The second kappa shape index (κ2) is 5.14. The van der Waals surface area contributed by atoms with Gasteiger partial charge in [0.05, 0.1) is 0 Å². The van der Waals surface area contributed by atoms with Crippen LogP contribution in [-0.4, -0.2) is 35.2 Å². The lowest BCUT2D eigenvalue weighted by atomic mass is 10.0. The van der Waals surface area contributed by atoms with Gasteiger partial charge in [-0.2, -0.15) is 0 Å². The zero-order chi connectivity index (χ0) is 13.4. The second-order valence-electron chi connectivity index (χ2n) is 6.10. The zero-order valence-electron chi connectivity index (χ0n) is 11.9. The van der Waals surface area contributed by atoms with E-state index in [1.165, 1.54) is 37.9 Å². The molecule has 3 rings (SSSR count). The third-order valence-electron chi connectivity index (χ3n) is 4.73. The number of fused-ring (bicyclic) bond motifs is 1. The first-order chi connectivity index (χ1) is 9.15. The molecule has 0 bridgehead atoms. The smallest absolute Gasteiger partial charge is 0.121 e. The van der Waals surface area contributed by atoms with Crippen LogP contribution in [0.2, 0.25) is 0 Å². The molecule has 19 heavy (non-hydrogen) atoms. The summed E-state index contributed by atoms with van der Waals surface area (Å²) in [6, 6.07) is 5.60. The van der Waals surface area contributed by atoms with Gasteiger partial charge in [0, 0.05) is 25.2 Å². The van der Waals surface area contributed by atoms with Gasteiger partial charge in [-0.15, -0.1) is 0 Å². The molecule has 0 aliphatic carbocycles. The Morgan fingerprint density at radius 2 is 1.95 bits per heavy atom. The number of nitrogens with one attached hydrogen (secondary N) is 1. The number of phenols is 1. The molecule has 0 saturated carbocycles. The Hall–Kier alpha value is -1.06. The van der Waals surface area contributed by atoms with E-state index >= 15 is 0 Å². The number of aromatic hydroxyl groups is 1. The summed E-state index contributed by atoms with van der Waals surface area (Å²) >= 11 is 0. The third-order valence-corrected chi connectivity index (χ3v) is 4.73. The van der Waals surface area contributed by atoms with Crippen molar-refractivity contribution in [2.24, 2.45) is 0 Å². The third kappa shape index (κ3) is 2.49. The average Bonchev–Trinajstić information content (AvgIpc) is 2.96. The van der Waals surface area contributed by atoms with Crippen LogP contribution in [0.4, 0.5) is 0 Å². The van der Waals surface area contributed by atoms with E-state index in [1.807, 2.05) is 13.8 Å². The van der Waals surface area contributed by atoms with Crippen LogP contribution in [-0.2, 0) is 6.54 Å². The monoisotopic (exact) mass is 260 g/mol. The summed E-state index contributed by atoms with van der Waals surface area (Å²) in [5, 5.41) is 13.5. The van der Waals surface area contributed by atoms with Gasteiger partial charge in [0.1, 0.15) is 5.75 Å². The fourth-order valence-electron chi connectivity index (χ4n) is 3.72. The van der Waals surface area contributed by atoms with E-state index in [0.717, 1.165) is 23.7 Å². The first-order valence-corrected chi connectivity index (χ1v) is 7.41. The van der Waals surface area contributed by atoms with Gasteiger partial charge in [-0.25, -0.2) is 0 Å². The van der Waals surface area contributed by atoms with Crippen molar-refractivity contribution >= 4 is 0 Å². The molecular formula is C16H24N2O. The van der Waals surface area contributed by atoms with E-state index in [2.05, 4.69) is 22.3 Å². The Bertz CT molecular complexity index is 449. The van der Waals surface area contributed by atoms with E-state index in [0.29, 0.717) is 11.8 Å². The predicted molar refractivity (Wildman–Crippen MR) is 77.4 cm³/mol. The summed E-state index contributed by atoms with van der Waals surface area (Å²) < 4.78 is 0. The predicted octanol–water partition coefficient (Wildman–Crippen LogP) is 2.34. The van der Waals surface area contributed by atoms with Crippen molar-refractivity contribution in [2.45, 2.75) is 51.7 Å². The summed E-state index contributed by atoms with van der Waals surface area (Å²) in [5.41, 5.74) is 3.24. The van der Waals surface area contributed by atoms with E-state index in [-0.39, 0.29) is 0 Å². The van der Waals surface area contributed by atoms with Crippen LogP contribution < -0.4 is 5.32 Å². The minimum atomic E-state index is 0.437. The molecule has 2 saturated heterocycles. The Balaban J connectivity index is 1.63. The van der Waals surface area contributed by atoms with Crippen molar-refractivity contribution in [1.82, 2.24) is 10.2 Å². The molecule has 1 aromatic carbocycles. The molecule has 2 aliphatic rings. The molecule has 2 aliphatic heterocycles. The molecule has 2 unspecified atom stereocenters. The Morgan fingerprint density at radius 1 is 1.21 bits per heavy atom. The van der Waals surface area contributed by atoms with Gasteiger partial charge in [-0.1, -0.05) is 12.1 Å². The van der Waals surface area contributed by atoms with Crippen molar-refractivity contribution < 1.29 is 5.11 Å². The highest BCUT2D eigenvalue weighted by atomic mass is 16.3. The summed E-state index contributed by atoms with van der Waals surface area (Å²) in [6.45, 7) is 7.41. The van der Waals surface area contributed by atoms with Gasteiger partial charge in [-0.05, 0) is 56.3 Å². The molecule has 2 fully saturated rings. The highest BCUT2D eigenvalue weighted by Crippen LogP contribution is 2.28. The van der Waals surface area contributed by atoms with E-state index in [1.54, 1.807) is 0 Å². The summed E-state index contributed by atoms with van der Waals surface area (Å²) in [5.74, 6) is 0.437. The first kappa shape index (κ1) is 12.9. The first-order valence-electron chi connectivity index (χ1n) is 7.41. The SMILES string of the molecule is Cc1cc(CNC2CCN3CCCC23)cc(C)c1O. The molecule has 1 aromatic rings. The van der Waals surface area contributed by atoms with Crippen LogP contribution in [0.5, 0.6) is 5.75 Å². The van der Waals surface area contributed by atoms with Gasteiger partial charge in [0.2, 0.25) is 0 Å². The lowest BCUT2D eigenvalue weighted by Gasteiger charge is -2.21. The number of benzene rings is 1. The van der Waals surface area contributed by atoms with Gasteiger partial charge < -0.3 is 10.4 Å². The second-order valence-corrected chi connectivity index (χ2v) is 6.10. The fourth-order valence-corrected chi connectivity index (χ4v) is 3.72. The molecule has 0 amide bonds. The molecule has 3 heteroatoms. The highest BCUT2D eigenvalue weighted by Gasteiger charge is 2.36. The summed E-state index contributed by atoms with van der Waals surface area (Å²) in [7, 11) is 0. The van der Waals surface area contributed by atoms with Crippen LogP contribution in [0.3, 0.4) is 0 Å². The average molecular weight is 260 g/mol. The molecule has 2 heterocycles. The molecular weight excluding hydrogens is 236 g/mol. The normalized spacial score (nSPS) is 26.8. The number of hydrogen-bond acceptors (Lipinski definition) is 3. The lowest BCUT2D eigenvalue weighted by molar-refractivity contribution is 0.298. The molecule has 104 valence electrons. The van der Waals surface area contributed by atoms with Crippen molar-refractivity contribution in [3.63, 3.8) is 0 Å². The largest absolute Gasteiger partial charge is 0.507 e. The quantitative estimate of drug-likeness (QED) is 0.875. The lowest BCUT2D eigenvalue weighted by Crippen LogP contribution is -2.38. The van der Waals surface area contributed by atoms with Crippen molar-refractivity contribution in [2.75, 3.05) is 13.1 Å². The van der Waals surface area contributed by atoms with Crippen molar-refractivity contribution in [3.8, 4) is 5.75 Å². The molecule has 0 aromatic heterocycles. The highest BCUT2D eigenvalue weighted by molar-refractivity contribution is 5.42. The zero-order valence-corrected chi connectivity index (χ0v) is 11.9. The van der Waals surface area contributed by atoms with Crippen LogP contribution in [0.15, 0.2) is 12.1 Å². The molecule has 0 spiro atoms. The van der Waals surface area contributed by atoms with Crippen LogP contribution in [0.25, 0.3) is 0 Å². The Kier molecular flexibility index (Phi) is 3.50. The van der Waals surface area contributed by atoms with Gasteiger partial charge in [-0.3, -0.25) is 4.90 Å².